The maximum Gasteiger partial charge on any atom is 0.362 e. The van der Waals surface area contributed by atoms with Gasteiger partial charge in [0.2, 0.25) is 0 Å². The molecule has 1 aromatic carbocycles. The molecule has 2 aromatic heterocycles. The van der Waals surface area contributed by atoms with Crippen molar-refractivity contribution in [1.29, 1.82) is 0 Å². The molecule has 6 heteroatoms. The van der Waals surface area contributed by atoms with E-state index in [9.17, 15) is 9.59 Å². The Kier molecular flexibility index (Phi) is 5.25. The van der Waals surface area contributed by atoms with Crippen molar-refractivity contribution >= 4 is 39.6 Å². The summed E-state index contributed by atoms with van der Waals surface area (Å²) in [5.74, 6) is 0.291. The Hall–Kier alpha value is -2.60. The minimum atomic E-state index is -0.537. The lowest BCUT2D eigenvalue weighted by molar-refractivity contribution is 0.103. The van der Waals surface area contributed by atoms with Crippen LogP contribution in [0.5, 0.6) is 0 Å². The number of anilines is 2. The van der Waals surface area contributed by atoms with Crippen molar-refractivity contribution in [1.82, 2.24) is 0 Å². The van der Waals surface area contributed by atoms with E-state index < -0.39 is 5.63 Å². The summed E-state index contributed by atoms with van der Waals surface area (Å²) in [5, 5.41) is 8.84. The Labute approximate surface area is 161 Å². The SMILES string of the molecule is O=C(Nc1c(NCC2CCCCC2)c2ccccc2oc1=O)c1cccs1. The van der Waals surface area contributed by atoms with Gasteiger partial charge in [-0.2, -0.15) is 0 Å². The molecule has 0 unspecified atom stereocenters. The zero-order chi connectivity index (χ0) is 18.6. The summed E-state index contributed by atoms with van der Waals surface area (Å²) in [6.07, 6.45) is 6.21. The van der Waals surface area contributed by atoms with Crippen LogP contribution in [0.4, 0.5) is 11.4 Å². The van der Waals surface area contributed by atoms with Crippen LogP contribution in [-0.2, 0) is 0 Å². The van der Waals surface area contributed by atoms with Crippen LogP contribution in [0.2, 0.25) is 0 Å². The predicted octanol–water partition coefficient (Wildman–Crippen LogP) is 5.10. The molecule has 5 nitrogen and oxygen atoms in total. The van der Waals surface area contributed by atoms with Gasteiger partial charge in [0.15, 0.2) is 5.69 Å². The van der Waals surface area contributed by atoms with Crippen LogP contribution >= 0.6 is 11.3 Å². The lowest BCUT2D eigenvalue weighted by Crippen LogP contribution is -2.22. The molecule has 2 N–H and O–H groups in total. The summed E-state index contributed by atoms with van der Waals surface area (Å²) in [7, 11) is 0. The van der Waals surface area contributed by atoms with Gasteiger partial charge in [0.25, 0.3) is 5.91 Å². The summed E-state index contributed by atoms with van der Waals surface area (Å²) < 4.78 is 5.44. The Morgan fingerprint density at radius 1 is 1.07 bits per heavy atom. The smallest absolute Gasteiger partial charge is 0.362 e. The van der Waals surface area contributed by atoms with Crippen molar-refractivity contribution in [2.24, 2.45) is 5.92 Å². The molecule has 2 heterocycles. The van der Waals surface area contributed by atoms with E-state index in [0.717, 1.165) is 11.9 Å². The van der Waals surface area contributed by atoms with Gasteiger partial charge in [-0.05, 0) is 42.3 Å². The number of amides is 1. The summed E-state index contributed by atoms with van der Waals surface area (Å²) in [5.41, 5.74) is 0.813. The summed E-state index contributed by atoms with van der Waals surface area (Å²) >= 11 is 1.34. The molecule has 1 aliphatic carbocycles. The second-order valence-corrected chi connectivity index (χ2v) is 7.90. The third kappa shape index (κ3) is 3.90. The number of benzene rings is 1. The van der Waals surface area contributed by atoms with Crippen molar-refractivity contribution in [3.8, 4) is 0 Å². The molecule has 0 radical (unpaired) electrons. The molecule has 0 aliphatic heterocycles. The normalized spacial score (nSPS) is 15.0. The van der Waals surface area contributed by atoms with Crippen molar-refractivity contribution in [2.75, 3.05) is 17.2 Å². The largest absolute Gasteiger partial charge is 0.421 e. The highest BCUT2D eigenvalue weighted by atomic mass is 32.1. The van der Waals surface area contributed by atoms with Crippen LogP contribution in [0.1, 0.15) is 41.8 Å². The van der Waals surface area contributed by atoms with Gasteiger partial charge in [0.05, 0.1) is 10.6 Å². The molecule has 1 saturated carbocycles. The fourth-order valence-electron chi connectivity index (χ4n) is 3.67. The van der Waals surface area contributed by atoms with E-state index in [1.807, 2.05) is 29.6 Å². The van der Waals surface area contributed by atoms with Crippen LogP contribution in [0.15, 0.2) is 51.0 Å². The van der Waals surface area contributed by atoms with E-state index in [1.54, 1.807) is 12.1 Å². The monoisotopic (exact) mass is 382 g/mol. The van der Waals surface area contributed by atoms with Crippen LogP contribution in [0.3, 0.4) is 0 Å². The van der Waals surface area contributed by atoms with Gasteiger partial charge in [-0.3, -0.25) is 4.79 Å². The van der Waals surface area contributed by atoms with Crippen molar-refractivity contribution in [3.05, 3.63) is 57.1 Å². The Bertz CT molecular complexity index is 988. The Morgan fingerprint density at radius 3 is 2.67 bits per heavy atom. The van der Waals surface area contributed by atoms with E-state index in [0.29, 0.717) is 22.1 Å². The Balaban J connectivity index is 1.68. The molecule has 0 spiro atoms. The number of hydrogen-bond acceptors (Lipinski definition) is 5. The van der Waals surface area contributed by atoms with Crippen molar-refractivity contribution in [2.45, 2.75) is 32.1 Å². The maximum atomic E-state index is 12.6. The first-order chi connectivity index (χ1) is 13.2. The second-order valence-electron chi connectivity index (χ2n) is 6.95. The van der Waals surface area contributed by atoms with Gasteiger partial charge < -0.3 is 15.1 Å². The third-order valence-electron chi connectivity index (χ3n) is 5.09. The Morgan fingerprint density at radius 2 is 1.89 bits per heavy atom. The van der Waals surface area contributed by atoms with Gasteiger partial charge in [0, 0.05) is 11.9 Å². The molecule has 1 aliphatic rings. The molecule has 0 atom stereocenters. The van der Waals surface area contributed by atoms with E-state index in [-0.39, 0.29) is 11.6 Å². The molecular formula is C21H22N2O3S. The van der Waals surface area contributed by atoms with Gasteiger partial charge in [-0.25, -0.2) is 4.79 Å². The molecular weight excluding hydrogens is 360 g/mol. The number of hydrogen-bond donors (Lipinski definition) is 2. The molecule has 3 aromatic rings. The van der Waals surface area contributed by atoms with Crippen molar-refractivity contribution in [3.63, 3.8) is 0 Å². The number of carbonyl (C=O) groups excluding carboxylic acids is 1. The first-order valence-corrected chi connectivity index (χ1v) is 10.2. The van der Waals surface area contributed by atoms with Gasteiger partial charge >= 0.3 is 5.63 Å². The number of carbonyl (C=O) groups is 1. The van der Waals surface area contributed by atoms with E-state index >= 15 is 0 Å². The lowest BCUT2D eigenvalue weighted by atomic mass is 9.89. The lowest BCUT2D eigenvalue weighted by Gasteiger charge is -2.23. The second kappa shape index (κ2) is 7.96. The molecule has 0 bridgehead atoms. The van der Waals surface area contributed by atoms with Crippen molar-refractivity contribution < 1.29 is 9.21 Å². The van der Waals surface area contributed by atoms with Gasteiger partial charge in [-0.15, -0.1) is 11.3 Å². The summed E-state index contributed by atoms with van der Waals surface area (Å²) in [6, 6.07) is 11.0. The molecule has 27 heavy (non-hydrogen) atoms. The topological polar surface area (TPSA) is 71.3 Å². The maximum absolute atomic E-state index is 12.6. The third-order valence-corrected chi connectivity index (χ3v) is 5.96. The number of rotatable bonds is 5. The minimum absolute atomic E-state index is 0.183. The number of thiophene rings is 1. The minimum Gasteiger partial charge on any atom is -0.421 e. The van der Waals surface area contributed by atoms with E-state index in [2.05, 4.69) is 10.6 Å². The molecule has 1 fully saturated rings. The number of nitrogens with one attached hydrogen (secondary N) is 2. The summed E-state index contributed by atoms with van der Waals surface area (Å²) in [4.78, 5) is 25.7. The van der Waals surface area contributed by atoms with Gasteiger partial charge in [0.1, 0.15) is 5.58 Å². The molecule has 0 saturated heterocycles. The predicted molar refractivity (Wildman–Crippen MR) is 110 cm³/mol. The fourth-order valence-corrected chi connectivity index (χ4v) is 4.29. The number of para-hydroxylation sites is 1. The zero-order valence-electron chi connectivity index (χ0n) is 15.0. The molecule has 4 rings (SSSR count). The van der Waals surface area contributed by atoms with Crippen LogP contribution in [0.25, 0.3) is 11.0 Å². The zero-order valence-corrected chi connectivity index (χ0v) is 15.8. The van der Waals surface area contributed by atoms with Crippen LogP contribution in [-0.4, -0.2) is 12.5 Å². The first kappa shape index (κ1) is 17.8. The van der Waals surface area contributed by atoms with E-state index in [4.69, 9.17) is 4.42 Å². The highest BCUT2D eigenvalue weighted by molar-refractivity contribution is 7.12. The molecule has 140 valence electrons. The molecule has 1 amide bonds. The first-order valence-electron chi connectivity index (χ1n) is 9.37. The standard InChI is InChI=1S/C21H22N2O3S/c24-20(17-11-6-12-27-17)23-19-18(22-13-14-7-2-1-3-8-14)15-9-4-5-10-16(15)26-21(19)25/h4-6,9-12,14,22H,1-3,7-8,13H2,(H,23,24). The number of fused-ring (bicyclic) bond motifs is 1. The van der Waals surface area contributed by atoms with Gasteiger partial charge in [-0.1, -0.05) is 37.5 Å². The van der Waals surface area contributed by atoms with Crippen LogP contribution in [0, 0.1) is 5.92 Å². The highest BCUT2D eigenvalue weighted by Gasteiger charge is 2.20. The quantitative estimate of drug-likeness (QED) is 0.602. The average molecular weight is 382 g/mol. The van der Waals surface area contributed by atoms with E-state index in [1.165, 1.54) is 43.4 Å². The van der Waals surface area contributed by atoms with Crippen LogP contribution < -0.4 is 16.3 Å². The fraction of sp³-hybridized carbons (Fsp3) is 0.333. The summed E-state index contributed by atoms with van der Waals surface area (Å²) in [6.45, 7) is 0.787. The highest BCUT2D eigenvalue weighted by Crippen LogP contribution is 2.31. The average Bonchev–Trinajstić information content (AvgIpc) is 3.23.